The molecule has 0 bridgehead atoms. The SMILES string of the molecule is CCCNC(Cc1ccc(C(C)C)cc1)C1CCCCS1. The molecule has 2 heteroatoms. The topological polar surface area (TPSA) is 12.0 Å². The predicted octanol–water partition coefficient (Wildman–Crippen LogP) is 5.01. The monoisotopic (exact) mass is 305 g/mol. The minimum absolute atomic E-state index is 0.627. The van der Waals surface area contributed by atoms with Crippen LogP contribution in [0.1, 0.15) is 63.5 Å². The van der Waals surface area contributed by atoms with Gasteiger partial charge in [-0.3, -0.25) is 0 Å². The Kier molecular flexibility index (Phi) is 7.12. The van der Waals surface area contributed by atoms with Crippen molar-refractivity contribution in [2.24, 2.45) is 0 Å². The molecule has 1 aliphatic rings. The summed E-state index contributed by atoms with van der Waals surface area (Å²) in [6.45, 7) is 7.93. The molecule has 2 unspecified atom stereocenters. The molecule has 1 nitrogen and oxygen atoms in total. The Morgan fingerprint density at radius 2 is 1.95 bits per heavy atom. The van der Waals surface area contributed by atoms with Crippen molar-refractivity contribution >= 4 is 11.8 Å². The maximum absolute atomic E-state index is 3.80. The summed E-state index contributed by atoms with van der Waals surface area (Å²) in [5, 5.41) is 4.61. The van der Waals surface area contributed by atoms with E-state index >= 15 is 0 Å². The fraction of sp³-hybridized carbons (Fsp3) is 0.684. The second kappa shape index (κ2) is 8.85. The molecular weight excluding hydrogens is 274 g/mol. The lowest BCUT2D eigenvalue weighted by Gasteiger charge is -2.31. The maximum Gasteiger partial charge on any atom is 0.0226 e. The predicted molar refractivity (Wildman–Crippen MR) is 96.4 cm³/mol. The van der Waals surface area contributed by atoms with Gasteiger partial charge in [0.05, 0.1) is 0 Å². The standard InChI is InChI=1S/C19H31NS/c1-4-12-20-18(19-7-5-6-13-21-19)14-16-8-10-17(11-9-16)15(2)3/h8-11,15,18-20H,4-7,12-14H2,1-3H3. The van der Waals surface area contributed by atoms with Crippen molar-refractivity contribution in [2.75, 3.05) is 12.3 Å². The molecule has 1 heterocycles. The van der Waals surface area contributed by atoms with Crippen LogP contribution in [0.2, 0.25) is 0 Å². The van der Waals surface area contributed by atoms with E-state index in [0.717, 1.165) is 11.8 Å². The third kappa shape index (κ3) is 5.34. The van der Waals surface area contributed by atoms with Gasteiger partial charge in [0, 0.05) is 11.3 Å². The molecule has 0 aliphatic carbocycles. The molecule has 0 aromatic heterocycles. The third-order valence-electron chi connectivity index (χ3n) is 4.42. The zero-order valence-corrected chi connectivity index (χ0v) is 14.7. The number of rotatable bonds is 7. The van der Waals surface area contributed by atoms with E-state index in [9.17, 15) is 0 Å². The van der Waals surface area contributed by atoms with Gasteiger partial charge in [0.25, 0.3) is 0 Å². The van der Waals surface area contributed by atoms with Crippen LogP contribution in [0.15, 0.2) is 24.3 Å². The molecule has 1 fully saturated rings. The lowest BCUT2D eigenvalue weighted by molar-refractivity contribution is 0.461. The van der Waals surface area contributed by atoms with Gasteiger partial charge in [0.15, 0.2) is 0 Å². The summed E-state index contributed by atoms with van der Waals surface area (Å²) < 4.78 is 0. The van der Waals surface area contributed by atoms with Crippen LogP contribution in [-0.4, -0.2) is 23.6 Å². The summed E-state index contributed by atoms with van der Waals surface area (Å²) in [5.41, 5.74) is 2.93. The molecule has 21 heavy (non-hydrogen) atoms. The van der Waals surface area contributed by atoms with Gasteiger partial charge in [-0.05, 0) is 55.0 Å². The van der Waals surface area contributed by atoms with E-state index in [0.29, 0.717) is 12.0 Å². The van der Waals surface area contributed by atoms with E-state index in [2.05, 4.69) is 62.1 Å². The Morgan fingerprint density at radius 1 is 1.19 bits per heavy atom. The van der Waals surface area contributed by atoms with Gasteiger partial charge in [-0.2, -0.15) is 11.8 Å². The first-order valence-corrected chi connectivity index (χ1v) is 9.69. The van der Waals surface area contributed by atoms with E-state index in [4.69, 9.17) is 0 Å². The van der Waals surface area contributed by atoms with Gasteiger partial charge >= 0.3 is 0 Å². The Morgan fingerprint density at radius 3 is 2.52 bits per heavy atom. The van der Waals surface area contributed by atoms with Crippen molar-refractivity contribution in [2.45, 2.75) is 70.1 Å². The average Bonchev–Trinajstić information content (AvgIpc) is 2.52. The Balaban J connectivity index is 1.99. The molecule has 1 aliphatic heterocycles. The van der Waals surface area contributed by atoms with Crippen molar-refractivity contribution < 1.29 is 0 Å². The van der Waals surface area contributed by atoms with Crippen LogP contribution in [0, 0.1) is 0 Å². The first kappa shape index (κ1) is 16.9. The van der Waals surface area contributed by atoms with Crippen molar-refractivity contribution in [3.05, 3.63) is 35.4 Å². The molecule has 1 N–H and O–H groups in total. The Hall–Kier alpha value is -0.470. The summed E-state index contributed by atoms with van der Waals surface area (Å²) in [5.74, 6) is 1.98. The number of hydrogen-bond donors (Lipinski definition) is 1. The van der Waals surface area contributed by atoms with Crippen molar-refractivity contribution in [3.63, 3.8) is 0 Å². The van der Waals surface area contributed by atoms with E-state index in [1.165, 1.54) is 49.0 Å². The molecule has 2 atom stereocenters. The van der Waals surface area contributed by atoms with Crippen LogP contribution in [0.25, 0.3) is 0 Å². The van der Waals surface area contributed by atoms with Crippen LogP contribution in [0.5, 0.6) is 0 Å². The highest BCUT2D eigenvalue weighted by atomic mass is 32.2. The van der Waals surface area contributed by atoms with Gasteiger partial charge in [0.1, 0.15) is 0 Å². The molecule has 0 saturated carbocycles. The van der Waals surface area contributed by atoms with Crippen molar-refractivity contribution in [1.82, 2.24) is 5.32 Å². The summed E-state index contributed by atoms with van der Waals surface area (Å²) in [4.78, 5) is 0. The molecule has 1 saturated heterocycles. The Bertz CT molecular complexity index is 393. The van der Waals surface area contributed by atoms with Gasteiger partial charge in [-0.1, -0.05) is 51.5 Å². The van der Waals surface area contributed by atoms with E-state index in [-0.39, 0.29) is 0 Å². The summed E-state index contributed by atoms with van der Waals surface area (Å²) in [7, 11) is 0. The summed E-state index contributed by atoms with van der Waals surface area (Å²) in [6.07, 6.45) is 6.60. The normalized spacial score (nSPS) is 20.7. The zero-order valence-electron chi connectivity index (χ0n) is 13.9. The van der Waals surface area contributed by atoms with Gasteiger partial charge < -0.3 is 5.32 Å². The molecule has 2 rings (SSSR count). The highest BCUT2D eigenvalue weighted by molar-refractivity contribution is 8.00. The highest BCUT2D eigenvalue weighted by Gasteiger charge is 2.23. The van der Waals surface area contributed by atoms with Gasteiger partial charge in [-0.15, -0.1) is 0 Å². The fourth-order valence-electron chi connectivity index (χ4n) is 3.04. The molecule has 0 radical (unpaired) electrons. The van der Waals surface area contributed by atoms with Crippen molar-refractivity contribution in [3.8, 4) is 0 Å². The molecule has 118 valence electrons. The third-order valence-corrected chi connectivity index (χ3v) is 5.94. The van der Waals surface area contributed by atoms with E-state index < -0.39 is 0 Å². The van der Waals surface area contributed by atoms with Crippen LogP contribution in [0.3, 0.4) is 0 Å². The fourth-order valence-corrected chi connectivity index (χ4v) is 4.47. The van der Waals surface area contributed by atoms with Crippen LogP contribution >= 0.6 is 11.8 Å². The number of hydrogen-bond acceptors (Lipinski definition) is 2. The lowest BCUT2D eigenvalue weighted by atomic mass is 9.96. The maximum atomic E-state index is 3.80. The number of thioether (sulfide) groups is 1. The van der Waals surface area contributed by atoms with Gasteiger partial charge in [-0.25, -0.2) is 0 Å². The molecule has 0 spiro atoms. The summed E-state index contributed by atoms with van der Waals surface area (Å²) in [6, 6.07) is 9.93. The molecule has 0 amide bonds. The second-order valence-corrected chi connectivity index (χ2v) is 7.91. The molecule has 1 aromatic rings. The molecular formula is C19H31NS. The van der Waals surface area contributed by atoms with Crippen LogP contribution in [0.4, 0.5) is 0 Å². The first-order valence-electron chi connectivity index (χ1n) is 8.64. The largest absolute Gasteiger partial charge is 0.313 e. The first-order chi connectivity index (χ1) is 10.2. The number of benzene rings is 1. The Labute approximate surface area is 135 Å². The highest BCUT2D eigenvalue weighted by Crippen LogP contribution is 2.29. The van der Waals surface area contributed by atoms with Crippen LogP contribution < -0.4 is 5.32 Å². The van der Waals surface area contributed by atoms with Gasteiger partial charge in [0.2, 0.25) is 0 Å². The van der Waals surface area contributed by atoms with E-state index in [1.54, 1.807) is 0 Å². The smallest absolute Gasteiger partial charge is 0.0226 e. The zero-order chi connectivity index (χ0) is 15.1. The van der Waals surface area contributed by atoms with E-state index in [1.807, 2.05) is 0 Å². The van der Waals surface area contributed by atoms with Crippen LogP contribution in [-0.2, 0) is 6.42 Å². The second-order valence-electron chi connectivity index (χ2n) is 6.57. The lowest BCUT2D eigenvalue weighted by Crippen LogP contribution is -2.41. The van der Waals surface area contributed by atoms with Crippen molar-refractivity contribution in [1.29, 1.82) is 0 Å². The average molecular weight is 306 g/mol. The number of nitrogens with one attached hydrogen (secondary N) is 1. The minimum atomic E-state index is 0.627. The quantitative estimate of drug-likeness (QED) is 0.760. The summed E-state index contributed by atoms with van der Waals surface area (Å²) >= 11 is 2.19. The molecule has 1 aromatic carbocycles. The minimum Gasteiger partial charge on any atom is -0.313 e.